The maximum absolute atomic E-state index is 10.9. The Kier molecular flexibility index (Phi) is 4.96. The number of benzene rings is 1. The predicted molar refractivity (Wildman–Crippen MR) is 68.9 cm³/mol. The fourth-order valence-corrected chi connectivity index (χ4v) is 2.04. The minimum Gasteiger partial charge on any atom is -0.494 e. The Hall–Kier alpha value is -1.07. The third kappa shape index (κ3) is 5.70. The second kappa shape index (κ2) is 6.02. The number of hydrogen-bond acceptors (Lipinski definition) is 4. The fraction of sp³-hybridized carbons (Fsp3) is 0.500. The standard InChI is InChI=1S/C12H19NO3S/c1-10(13)11-5-3-6-12(9-11)16-7-4-8-17(2,14)15/h3,5-6,9-10H,4,7-8,13H2,1-2H3/t10-/m1/s1. The molecule has 5 heteroatoms. The van der Waals surface area contributed by atoms with E-state index in [1.54, 1.807) is 0 Å². The van der Waals surface area contributed by atoms with Gasteiger partial charge in [0.05, 0.1) is 12.4 Å². The average Bonchev–Trinajstić information content (AvgIpc) is 2.23. The lowest BCUT2D eigenvalue weighted by Crippen LogP contribution is -2.08. The van der Waals surface area contributed by atoms with E-state index in [-0.39, 0.29) is 11.8 Å². The van der Waals surface area contributed by atoms with Crippen molar-refractivity contribution >= 4 is 9.84 Å². The van der Waals surface area contributed by atoms with Crippen LogP contribution in [0.1, 0.15) is 24.9 Å². The average molecular weight is 257 g/mol. The molecule has 1 atom stereocenters. The Labute approximate surface area is 103 Å². The topological polar surface area (TPSA) is 69.4 Å². The molecule has 0 saturated heterocycles. The maximum atomic E-state index is 10.9. The van der Waals surface area contributed by atoms with E-state index in [9.17, 15) is 8.42 Å². The molecule has 0 spiro atoms. The summed E-state index contributed by atoms with van der Waals surface area (Å²) in [7, 11) is -2.90. The van der Waals surface area contributed by atoms with Crippen molar-refractivity contribution < 1.29 is 13.2 Å². The van der Waals surface area contributed by atoms with Crippen LogP contribution in [0.3, 0.4) is 0 Å². The Morgan fingerprint density at radius 2 is 2.12 bits per heavy atom. The predicted octanol–water partition coefficient (Wildman–Crippen LogP) is 1.52. The molecule has 0 aromatic heterocycles. The normalized spacial score (nSPS) is 13.4. The molecule has 0 bridgehead atoms. The van der Waals surface area contributed by atoms with Crippen LogP contribution in [0.15, 0.2) is 24.3 Å². The number of rotatable bonds is 6. The highest BCUT2D eigenvalue weighted by Crippen LogP contribution is 2.17. The van der Waals surface area contributed by atoms with Crippen molar-refractivity contribution in [2.75, 3.05) is 18.6 Å². The van der Waals surface area contributed by atoms with Crippen molar-refractivity contribution in [3.63, 3.8) is 0 Å². The largest absolute Gasteiger partial charge is 0.494 e. The van der Waals surface area contributed by atoms with Gasteiger partial charge in [0.1, 0.15) is 15.6 Å². The first-order valence-corrected chi connectivity index (χ1v) is 7.60. The van der Waals surface area contributed by atoms with Crippen molar-refractivity contribution in [3.8, 4) is 5.75 Å². The molecule has 1 aromatic carbocycles. The van der Waals surface area contributed by atoms with Gasteiger partial charge in [0.15, 0.2) is 0 Å². The molecule has 96 valence electrons. The van der Waals surface area contributed by atoms with E-state index in [1.807, 2.05) is 31.2 Å². The Balaban J connectivity index is 2.44. The van der Waals surface area contributed by atoms with Gasteiger partial charge in [-0.3, -0.25) is 0 Å². The van der Waals surface area contributed by atoms with Crippen LogP contribution >= 0.6 is 0 Å². The van der Waals surface area contributed by atoms with Crippen molar-refractivity contribution in [2.45, 2.75) is 19.4 Å². The van der Waals surface area contributed by atoms with Crippen LogP contribution in [-0.2, 0) is 9.84 Å². The van der Waals surface area contributed by atoms with Crippen molar-refractivity contribution in [3.05, 3.63) is 29.8 Å². The van der Waals surface area contributed by atoms with E-state index in [1.165, 1.54) is 6.26 Å². The van der Waals surface area contributed by atoms with Gasteiger partial charge in [-0.15, -0.1) is 0 Å². The molecule has 0 fully saturated rings. The first kappa shape index (κ1) is 14.0. The number of hydrogen-bond donors (Lipinski definition) is 1. The molecule has 2 N–H and O–H groups in total. The highest BCUT2D eigenvalue weighted by molar-refractivity contribution is 7.90. The summed E-state index contributed by atoms with van der Waals surface area (Å²) in [4.78, 5) is 0. The van der Waals surface area contributed by atoms with Gasteiger partial charge in [0, 0.05) is 12.3 Å². The lowest BCUT2D eigenvalue weighted by atomic mass is 10.1. The van der Waals surface area contributed by atoms with Gasteiger partial charge >= 0.3 is 0 Å². The molecule has 4 nitrogen and oxygen atoms in total. The van der Waals surface area contributed by atoms with Crippen molar-refractivity contribution in [2.24, 2.45) is 5.73 Å². The number of nitrogens with two attached hydrogens (primary N) is 1. The molecule has 0 aliphatic heterocycles. The second-order valence-corrected chi connectivity index (χ2v) is 6.45. The van der Waals surface area contributed by atoms with E-state index >= 15 is 0 Å². The molecule has 0 unspecified atom stereocenters. The Bertz CT molecular complexity index is 455. The third-order valence-electron chi connectivity index (χ3n) is 2.31. The van der Waals surface area contributed by atoms with Gasteiger partial charge in [-0.25, -0.2) is 8.42 Å². The van der Waals surface area contributed by atoms with E-state index < -0.39 is 9.84 Å². The molecule has 0 aliphatic rings. The van der Waals surface area contributed by atoms with Crippen LogP contribution in [0, 0.1) is 0 Å². The summed E-state index contributed by atoms with van der Waals surface area (Å²) in [5.41, 5.74) is 6.76. The smallest absolute Gasteiger partial charge is 0.147 e. The molecule has 0 amide bonds. The van der Waals surface area contributed by atoms with Gasteiger partial charge < -0.3 is 10.5 Å². The highest BCUT2D eigenvalue weighted by Gasteiger charge is 2.03. The first-order valence-electron chi connectivity index (χ1n) is 5.54. The third-order valence-corrected chi connectivity index (χ3v) is 3.34. The van der Waals surface area contributed by atoms with Crippen LogP contribution < -0.4 is 10.5 Å². The summed E-state index contributed by atoms with van der Waals surface area (Å²) < 4.78 is 27.3. The van der Waals surface area contributed by atoms with Gasteiger partial charge in [-0.05, 0) is 31.0 Å². The van der Waals surface area contributed by atoms with E-state index in [2.05, 4.69) is 0 Å². The summed E-state index contributed by atoms with van der Waals surface area (Å²) in [6.07, 6.45) is 1.73. The quantitative estimate of drug-likeness (QED) is 0.784. The summed E-state index contributed by atoms with van der Waals surface area (Å²) >= 11 is 0. The molecule has 1 rings (SSSR count). The zero-order chi connectivity index (χ0) is 12.9. The van der Waals surface area contributed by atoms with Gasteiger partial charge in [0.2, 0.25) is 0 Å². The fourth-order valence-electron chi connectivity index (χ4n) is 1.40. The number of sulfone groups is 1. The Morgan fingerprint density at radius 3 is 2.71 bits per heavy atom. The molecule has 0 saturated carbocycles. The van der Waals surface area contributed by atoms with Crippen LogP contribution in [0.5, 0.6) is 5.75 Å². The van der Waals surface area contributed by atoms with Crippen molar-refractivity contribution in [1.82, 2.24) is 0 Å². The molecule has 0 radical (unpaired) electrons. The minimum atomic E-state index is -2.90. The lowest BCUT2D eigenvalue weighted by molar-refractivity contribution is 0.317. The van der Waals surface area contributed by atoms with Gasteiger partial charge in [-0.1, -0.05) is 12.1 Å². The molecular weight excluding hydrogens is 238 g/mol. The van der Waals surface area contributed by atoms with Gasteiger partial charge in [-0.2, -0.15) is 0 Å². The number of ether oxygens (including phenoxy) is 1. The SMILES string of the molecule is C[C@@H](N)c1cccc(OCCCS(C)(=O)=O)c1. The van der Waals surface area contributed by atoms with E-state index in [0.29, 0.717) is 13.0 Å². The highest BCUT2D eigenvalue weighted by atomic mass is 32.2. The van der Waals surface area contributed by atoms with Crippen LogP contribution in [0.4, 0.5) is 0 Å². The van der Waals surface area contributed by atoms with Crippen LogP contribution in [-0.4, -0.2) is 27.0 Å². The minimum absolute atomic E-state index is 0.0328. The van der Waals surface area contributed by atoms with E-state index in [0.717, 1.165) is 11.3 Å². The second-order valence-electron chi connectivity index (χ2n) is 4.19. The van der Waals surface area contributed by atoms with Crippen LogP contribution in [0.25, 0.3) is 0 Å². The van der Waals surface area contributed by atoms with Crippen molar-refractivity contribution in [1.29, 1.82) is 0 Å². The zero-order valence-corrected chi connectivity index (χ0v) is 11.0. The van der Waals surface area contributed by atoms with E-state index in [4.69, 9.17) is 10.5 Å². The summed E-state index contributed by atoms with van der Waals surface area (Å²) in [5.74, 6) is 0.883. The summed E-state index contributed by atoms with van der Waals surface area (Å²) in [6, 6.07) is 7.50. The summed E-state index contributed by atoms with van der Waals surface area (Å²) in [6.45, 7) is 2.30. The maximum Gasteiger partial charge on any atom is 0.147 e. The monoisotopic (exact) mass is 257 g/mol. The molecule has 0 aliphatic carbocycles. The summed E-state index contributed by atoms with van der Waals surface area (Å²) in [5, 5.41) is 0. The molecular formula is C12H19NO3S. The molecule has 0 heterocycles. The first-order chi connectivity index (χ1) is 7.88. The molecule has 1 aromatic rings. The van der Waals surface area contributed by atoms with Gasteiger partial charge in [0.25, 0.3) is 0 Å². The Morgan fingerprint density at radius 1 is 1.41 bits per heavy atom. The lowest BCUT2D eigenvalue weighted by Gasteiger charge is -2.09. The molecule has 17 heavy (non-hydrogen) atoms. The zero-order valence-electron chi connectivity index (χ0n) is 10.2. The van der Waals surface area contributed by atoms with Crippen LogP contribution in [0.2, 0.25) is 0 Å².